The van der Waals surface area contributed by atoms with Crippen molar-refractivity contribution in [2.24, 2.45) is 0 Å². The molecule has 11 heteroatoms. The van der Waals surface area contributed by atoms with Crippen LogP contribution in [0.1, 0.15) is 16.3 Å². The minimum Gasteiger partial charge on any atom is -0.336 e. The van der Waals surface area contributed by atoms with Gasteiger partial charge in [0.25, 0.3) is 5.91 Å². The van der Waals surface area contributed by atoms with Crippen molar-refractivity contribution in [1.29, 1.82) is 0 Å². The predicted molar refractivity (Wildman–Crippen MR) is 110 cm³/mol. The lowest BCUT2D eigenvalue weighted by atomic mass is 10.3. The maximum atomic E-state index is 12.6. The molecule has 0 spiro atoms. The number of carbonyl (C=O) groups excluding carboxylic acids is 1. The van der Waals surface area contributed by atoms with Crippen LogP contribution >= 0.6 is 0 Å². The lowest BCUT2D eigenvalue weighted by Gasteiger charge is -2.34. The lowest BCUT2D eigenvalue weighted by Crippen LogP contribution is -2.49. The van der Waals surface area contributed by atoms with E-state index in [2.05, 4.69) is 35.5 Å². The molecule has 1 aliphatic heterocycles. The van der Waals surface area contributed by atoms with Crippen LogP contribution in [-0.2, 0) is 0 Å². The number of hydrogen-bond donors (Lipinski definition) is 2. The molecule has 0 aliphatic carbocycles. The van der Waals surface area contributed by atoms with Crippen molar-refractivity contribution in [3.8, 4) is 0 Å². The Hall–Kier alpha value is -4.02. The van der Waals surface area contributed by atoms with Gasteiger partial charge in [-0.2, -0.15) is 10.1 Å². The molecule has 152 valence electrons. The van der Waals surface area contributed by atoms with Gasteiger partial charge < -0.3 is 15.1 Å². The van der Waals surface area contributed by atoms with Gasteiger partial charge in [0.05, 0.1) is 0 Å². The fraction of sp³-hybridized carbons (Fsp3) is 0.263. The SMILES string of the molecule is Cc1cc(Nc2nc(N3CCN(C(=O)c4ncccn4)CC3)nn3cccc23)n[nH]1. The van der Waals surface area contributed by atoms with E-state index in [0.717, 1.165) is 11.2 Å². The Bertz CT molecular complexity index is 1180. The molecule has 0 unspecified atom stereocenters. The number of nitrogens with one attached hydrogen (secondary N) is 2. The van der Waals surface area contributed by atoms with Crippen LogP contribution in [0.2, 0.25) is 0 Å². The van der Waals surface area contributed by atoms with Gasteiger partial charge in [-0.1, -0.05) is 0 Å². The highest BCUT2D eigenvalue weighted by Crippen LogP contribution is 2.22. The van der Waals surface area contributed by atoms with Gasteiger partial charge in [-0.15, -0.1) is 5.10 Å². The molecule has 4 aromatic heterocycles. The van der Waals surface area contributed by atoms with E-state index in [1.807, 2.05) is 31.3 Å². The number of carbonyl (C=O) groups is 1. The first kappa shape index (κ1) is 18.0. The maximum absolute atomic E-state index is 12.6. The zero-order valence-electron chi connectivity index (χ0n) is 16.4. The molecule has 0 radical (unpaired) electrons. The number of rotatable bonds is 4. The number of nitrogens with zero attached hydrogens (tertiary/aromatic N) is 8. The van der Waals surface area contributed by atoms with Crippen molar-refractivity contribution in [2.75, 3.05) is 36.4 Å². The summed E-state index contributed by atoms with van der Waals surface area (Å²) >= 11 is 0. The number of anilines is 3. The van der Waals surface area contributed by atoms with E-state index in [1.54, 1.807) is 27.9 Å². The molecule has 11 nitrogen and oxygen atoms in total. The third-order valence-electron chi connectivity index (χ3n) is 4.94. The molecule has 1 aliphatic rings. The predicted octanol–water partition coefficient (Wildman–Crippen LogP) is 1.26. The Kier molecular flexibility index (Phi) is 4.46. The first-order valence-electron chi connectivity index (χ1n) is 9.63. The van der Waals surface area contributed by atoms with E-state index in [4.69, 9.17) is 4.98 Å². The van der Waals surface area contributed by atoms with Gasteiger partial charge in [-0.25, -0.2) is 14.5 Å². The van der Waals surface area contributed by atoms with E-state index in [1.165, 1.54) is 0 Å². The topological polar surface area (TPSA) is 120 Å². The second-order valence-corrected chi connectivity index (χ2v) is 7.01. The third-order valence-corrected chi connectivity index (χ3v) is 4.94. The molecular formula is C19H20N10O. The smallest absolute Gasteiger partial charge is 0.291 e. The molecule has 1 fully saturated rings. The Balaban J connectivity index is 1.35. The molecule has 1 amide bonds. The number of H-pyrrole nitrogens is 1. The summed E-state index contributed by atoms with van der Waals surface area (Å²) in [6.07, 6.45) is 5.03. The Morgan fingerprint density at radius 2 is 1.93 bits per heavy atom. The van der Waals surface area contributed by atoms with Crippen LogP contribution in [0.3, 0.4) is 0 Å². The number of aryl methyl sites for hydroxylation is 1. The van der Waals surface area contributed by atoms with Crippen molar-refractivity contribution < 1.29 is 4.79 Å². The van der Waals surface area contributed by atoms with Crippen LogP contribution in [0.5, 0.6) is 0 Å². The van der Waals surface area contributed by atoms with Gasteiger partial charge >= 0.3 is 0 Å². The molecule has 0 saturated carbocycles. The van der Waals surface area contributed by atoms with Crippen molar-refractivity contribution >= 4 is 29.0 Å². The average molecular weight is 404 g/mol. The van der Waals surface area contributed by atoms with E-state index in [-0.39, 0.29) is 11.7 Å². The number of fused-ring (bicyclic) bond motifs is 1. The van der Waals surface area contributed by atoms with Crippen LogP contribution < -0.4 is 10.2 Å². The van der Waals surface area contributed by atoms with Crippen molar-refractivity contribution in [2.45, 2.75) is 6.92 Å². The molecule has 0 aromatic carbocycles. The number of aromatic amines is 1. The molecular weight excluding hydrogens is 384 g/mol. The van der Waals surface area contributed by atoms with Crippen LogP contribution in [0, 0.1) is 6.92 Å². The third kappa shape index (κ3) is 3.41. The fourth-order valence-corrected chi connectivity index (χ4v) is 3.41. The second-order valence-electron chi connectivity index (χ2n) is 7.01. The Morgan fingerprint density at radius 1 is 1.13 bits per heavy atom. The normalized spacial score (nSPS) is 14.3. The van der Waals surface area contributed by atoms with Gasteiger partial charge in [0.15, 0.2) is 11.6 Å². The summed E-state index contributed by atoms with van der Waals surface area (Å²) in [4.78, 5) is 29.2. The van der Waals surface area contributed by atoms with Crippen molar-refractivity contribution in [3.63, 3.8) is 0 Å². The molecule has 0 atom stereocenters. The highest BCUT2D eigenvalue weighted by atomic mass is 16.2. The second kappa shape index (κ2) is 7.43. The van der Waals surface area contributed by atoms with Crippen molar-refractivity contribution in [3.05, 3.63) is 54.4 Å². The molecule has 2 N–H and O–H groups in total. The first-order valence-corrected chi connectivity index (χ1v) is 9.63. The largest absolute Gasteiger partial charge is 0.336 e. The van der Waals surface area contributed by atoms with E-state index >= 15 is 0 Å². The maximum Gasteiger partial charge on any atom is 0.291 e. The van der Waals surface area contributed by atoms with Crippen LogP contribution in [0.25, 0.3) is 5.52 Å². The molecule has 1 saturated heterocycles. The summed E-state index contributed by atoms with van der Waals surface area (Å²) in [5.74, 6) is 2.02. The summed E-state index contributed by atoms with van der Waals surface area (Å²) in [5, 5.41) is 15.0. The van der Waals surface area contributed by atoms with Crippen LogP contribution in [0.4, 0.5) is 17.6 Å². The minimum atomic E-state index is -0.159. The summed E-state index contributed by atoms with van der Waals surface area (Å²) in [6, 6.07) is 7.48. The van der Waals surface area contributed by atoms with E-state index in [0.29, 0.717) is 43.8 Å². The minimum absolute atomic E-state index is 0.159. The van der Waals surface area contributed by atoms with Gasteiger partial charge in [-0.3, -0.25) is 9.89 Å². The summed E-state index contributed by atoms with van der Waals surface area (Å²) < 4.78 is 1.79. The lowest BCUT2D eigenvalue weighted by molar-refractivity contribution is 0.0733. The number of piperazine rings is 1. The molecule has 30 heavy (non-hydrogen) atoms. The Morgan fingerprint density at radius 3 is 2.67 bits per heavy atom. The first-order chi connectivity index (χ1) is 14.7. The monoisotopic (exact) mass is 404 g/mol. The fourth-order valence-electron chi connectivity index (χ4n) is 3.41. The van der Waals surface area contributed by atoms with Gasteiger partial charge in [0.2, 0.25) is 11.8 Å². The summed E-state index contributed by atoms with van der Waals surface area (Å²) in [7, 11) is 0. The highest BCUT2D eigenvalue weighted by molar-refractivity contribution is 5.90. The van der Waals surface area contributed by atoms with E-state index in [9.17, 15) is 4.79 Å². The quantitative estimate of drug-likeness (QED) is 0.522. The highest BCUT2D eigenvalue weighted by Gasteiger charge is 2.25. The van der Waals surface area contributed by atoms with E-state index < -0.39 is 0 Å². The summed E-state index contributed by atoms with van der Waals surface area (Å²) in [6.45, 7) is 4.27. The van der Waals surface area contributed by atoms with Crippen LogP contribution in [-0.4, -0.2) is 71.7 Å². The van der Waals surface area contributed by atoms with Crippen molar-refractivity contribution in [1.82, 2.24) is 39.7 Å². The van der Waals surface area contributed by atoms with Gasteiger partial charge in [0, 0.05) is 56.5 Å². The number of aromatic nitrogens is 7. The Labute approximate surface area is 171 Å². The van der Waals surface area contributed by atoms with Crippen LogP contribution in [0.15, 0.2) is 42.9 Å². The summed E-state index contributed by atoms with van der Waals surface area (Å²) in [5.41, 5.74) is 1.82. The number of hydrogen-bond acceptors (Lipinski definition) is 8. The number of amides is 1. The zero-order valence-corrected chi connectivity index (χ0v) is 16.4. The van der Waals surface area contributed by atoms with Gasteiger partial charge in [0.1, 0.15) is 5.52 Å². The zero-order chi connectivity index (χ0) is 20.5. The molecule has 5 rings (SSSR count). The standard InChI is InChI=1S/C19H20N10O/c1-13-12-15(25-24-13)22-16-14-4-2-7-29(14)26-19(23-16)28-10-8-27(9-11-28)18(30)17-20-5-3-6-21-17/h2-7,12H,8-11H2,1H3,(H2,22,23,24,25,26). The van der Waals surface area contributed by atoms with Gasteiger partial charge in [-0.05, 0) is 25.1 Å². The molecule has 5 heterocycles. The molecule has 4 aromatic rings. The average Bonchev–Trinajstić information content (AvgIpc) is 3.43. The molecule has 0 bridgehead atoms.